The highest BCUT2D eigenvalue weighted by atomic mass is 16.5. The zero-order valence-corrected chi connectivity index (χ0v) is 10.9. The molecule has 15 heavy (non-hydrogen) atoms. The molecule has 0 saturated carbocycles. The zero-order chi connectivity index (χ0) is 11.7. The lowest BCUT2D eigenvalue weighted by Crippen LogP contribution is -2.38. The SMILES string of the molecule is COCC(C)NCCN(C)CCN(C)C. The van der Waals surface area contributed by atoms with Crippen LogP contribution in [0.5, 0.6) is 0 Å². The van der Waals surface area contributed by atoms with E-state index in [4.69, 9.17) is 4.74 Å². The molecule has 0 aliphatic carbocycles. The maximum atomic E-state index is 5.06. The minimum atomic E-state index is 0.442. The van der Waals surface area contributed by atoms with Gasteiger partial charge in [0.1, 0.15) is 0 Å². The Morgan fingerprint density at radius 2 is 1.80 bits per heavy atom. The average Bonchev–Trinajstić information content (AvgIpc) is 2.15. The minimum Gasteiger partial charge on any atom is -0.383 e. The van der Waals surface area contributed by atoms with Crippen molar-refractivity contribution in [2.24, 2.45) is 0 Å². The first kappa shape index (κ1) is 14.8. The predicted molar refractivity (Wildman–Crippen MR) is 65.4 cm³/mol. The van der Waals surface area contributed by atoms with Crippen molar-refractivity contribution >= 4 is 0 Å². The fourth-order valence-electron chi connectivity index (χ4n) is 1.29. The number of ether oxygens (including phenoxy) is 1. The molecular formula is C11H27N3O. The molecule has 1 unspecified atom stereocenters. The molecule has 92 valence electrons. The third-order valence-electron chi connectivity index (χ3n) is 2.33. The number of rotatable bonds is 9. The van der Waals surface area contributed by atoms with E-state index in [0.717, 1.165) is 32.8 Å². The van der Waals surface area contributed by atoms with Crippen LogP contribution in [0.1, 0.15) is 6.92 Å². The van der Waals surface area contributed by atoms with Gasteiger partial charge in [0, 0.05) is 39.3 Å². The molecule has 0 rings (SSSR count). The second-order valence-corrected chi connectivity index (χ2v) is 4.42. The van der Waals surface area contributed by atoms with Gasteiger partial charge in [0.05, 0.1) is 6.61 Å². The summed E-state index contributed by atoms with van der Waals surface area (Å²) in [6.45, 7) is 7.26. The number of nitrogens with zero attached hydrogens (tertiary/aromatic N) is 2. The van der Waals surface area contributed by atoms with Crippen molar-refractivity contribution in [3.63, 3.8) is 0 Å². The van der Waals surface area contributed by atoms with Gasteiger partial charge in [0.2, 0.25) is 0 Å². The van der Waals surface area contributed by atoms with Crippen LogP contribution >= 0.6 is 0 Å². The number of methoxy groups -OCH3 is 1. The van der Waals surface area contributed by atoms with E-state index in [9.17, 15) is 0 Å². The molecule has 1 N–H and O–H groups in total. The Kier molecular flexibility index (Phi) is 9.00. The summed E-state index contributed by atoms with van der Waals surface area (Å²) in [5.41, 5.74) is 0. The molecule has 0 aromatic carbocycles. The maximum absolute atomic E-state index is 5.06. The molecule has 1 atom stereocenters. The molecule has 4 heteroatoms. The van der Waals surface area contributed by atoms with E-state index >= 15 is 0 Å². The van der Waals surface area contributed by atoms with Gasteiger partial charge in [-0.15, -0.1) is 0 Å². The quantitative estimate of drug-likeness (QED) is 0.593. The van der Waals surface area contributed by atoms with Crippen LogP contribution in [0, 0.1) is 0 Å². The van der Waals surface area contributed by atoms with E-state index in [-0.39, 0.29) is 0 Å². The van der Waals surface area contributed by atoms with Crippen LogP contribution in [0.2, 0.25) is 0 Å². The monoisotopic (exact) mass is 217 g/mol. The molecule has 0 amide bonds. The zero-order valence-electron chi connectivity index (χ0n) is 10.9. The Morgan fingerprint density at radius 1 is 1.13 bits per heavy atom. The number of nitrogens with one attached hydrogen (secondary N) is 1. The summed E-state index contributed by atoms with van der Waals surface area (Å²) in [4.78, 5) is 4.55. The molecule has 0 spiro atoms. The Hall–Kier alpha value is -0.160. The van der Waals surface area contributed by atoms with Crippen molar-refractivity contribution in [3.8, 4) is 0 Å². The standard InChI is InChI=1S/C11H27N3O/c1-11(10-15-5)12-6-7-14(4)9-8-13(2)3/h11-12H,6-10H2,1-5H3. The molecule has 4 nitrogen and oxygen atoms in total. The lowest BCUT2D eigenvalue weighted by Gasteiger charge is -2.20. The van der Waals surface area contributed by atoms with E-state index in [1.54, 1.807) is 7.11 Å². The molecular weight excluding hydrogens is 190 g/mol. The summed E-state index contributed by atoms with van der Waals surface area (Å²) in [5, 5.41) is 3.42. The van der Waals surface area contributed by atoms with Crippen molar-refractivity contribution in [1.29, 1.82) is 0 Å². The highest BCUT2D eigenvalue weighted by molar-refractivity contribution is 4.61. The topological polar surface area (TPSA) is 27.7 Å². The number of hydrogen-bond acceptors (Lipinski definition) is 4. The van der Waals surface area contributed by atoms with Gasteiger partial charge >= 0.3 is 0 Å². The normalized spacial score (nSPS) is 13.8. The number of likely N-dealkylation sites (N-methyl/N-ethyl adjacent to an activating group) is 2. The van der Waals surface area contributed by atoms with Crippen molar-refractivity contribution in [3.05, 3.63) is 0 Å². The largest absolute Gasteiger partial charge is 0.383 e. The molecule has 0 aliphatic rings. The Labute approximate surface area is 94.6 Å². The van der Waals surface area contributed by atoms with Crippen LogP contribution in [-0.4, -0.2) is 76.9 Å². The molecule has 0 radical (unpaired) electrons. The first-order valence-electron chi connectivity index (χ1n) is 5.62. The average molecular weight is 217 g/mol. The van der Waals surface area contributed by atoms with Crippen LogP contribution in [0.4, 0.5) is 0 Å². The second kappa shape index (κ2) is 9.09. The molecule has 0 aromatic rings. The first-order valence-corrected chi connectivity index (χ1v) is 5.62. The molecule has 0 heterocycles. The van der Waals surface area contributed by atoms with Gasteiger partial charge in [-0.05, 0) is 28.1 Å². The van der Waals surface area contributed by atoms with Crippen LogP contribution in [0.3, 0.4) is 0 Å². The smallest absolute Gasteiger partial charge is 0.0613 e. The van der Waals surface area contributed by atoms with Crippen molar-refractivity contribution in [2.75, 3.05) is 61.0 Å². The minimum absolute atomic E-state index is 0.442. The fourth-order valence-corrected chi connectivity index (χ4v) is 1.29. The molecule has 0 aromatic heterocycles. The van der Waals surface area contributed by atoms with Gasteiger partial charge in [0.15, 0.2) is 0 Å². The molecule has 0 bridgehead atoms. The maximum Gasteiger partial charge on any atom is 0.0613 e. The van der Waals surface area contributed by atoms with Crippen LogP contribution < -0.4 is 5.32 Å². The summed E-state index contributed by atoms with van der Waals surface area (Å²) in [6.07, 6.45) is 0. The summed E-state index contributed by atoms with van der Waals surface area (Å²) in [7, 11) is 8.10. The summed E-state index contributed by atoms with van der Waals surface area (Å²) >= 11 is 0. The second-order valence-electron chi connectivity index (χ2n) is 4.42. The van der Waals surface area contributed by atoms with Crippen LogP contribution in [0.25, 0.3) is 0 Å². The number of hydrogen-bond donors (Lipinski definition) is 1. The van der Waals surface area contributed by atoms with E-state index in [0.29, 0.717) is 6.04 Å². The first-order chi connectivity index (χ1) is 7.06. The van der Waals surface area contributed by atoms with Crippen LogP contribution in [0.15, 0.2) is 0 Å². The highest BCUT2D eigenvalue weighted by Gasteiger charge is 2.02. The molecule has 0 saturated heterocycles. The summed E-state index contributed by atoms with van der Waals surface area (Å²) in [6, 6.07) is 0.442. The van der Waals surface area contributed by atoms with Crippen molar-refractivity contribution < 1.29 is 4.74 Å². The molecule has 0 fully saturated rings. The van der Waals surface area contributed by atoms with Gasteiger partial charge in [0.25, 0.3) is 0 Å². The Bertz CT molecular complexity index is 142. The van der Waals surface area contributed by atoms with Gasteiger partial charge in [-0.1, -0.05) is 0 Å². The van der Waals surface area contributed by atoms with Crippen molar-refractivity contribution in [1.82, 2.24) is 15.1 Å². The Morgan fingerprint density at radius 3 is 2.33 bits per heavy atom. The fraction of sp³-hybridized carbons (Fsp3) is 1.00. The van der Waals surface area contributed by atoms with Crippen molar-refractivity contribution in [2.45, 2.75) is 13.0 Å². The van der Waals surface area contributed by atoms with E-state index in [1.165, 1.54) is 0 Å². The molecule has 0 aliphatic heterocycles. The van der Waals surface area contributed by atoms with Gasteiger partial charge in [-0.25, -0.2) is 0 Å². The van der Waals surface area contributed by atoms with E-state index in [1.807, 2.05) is 0 Å². The highest BCUT2D eigenvalue weighted by Crippen LogP contribution is 1.85. The third-order valence-corrected chi connectivity index (χ3v) is 2.33. The predicted octanol–water partition coefficient (Wildman–Crippen LogP) is 0.104. The van der Waals surface area contributed by atoms with Gasteiger partial charge in [-0.3, -0.25) is 0 Å². The van der Waals surface area contributed by atoms with E-state index in [2.05, 4.69) is 43.2 Å². The van der Waals surface area contributed by atoms with Gasteiger partial charge in [-0.2, -0.15) is 0 Å². The lowest BCUT2D eigenvalue weighted by atomic mass is 10.3. The summed E-state index contributed by atoms with van der Waals surface area (Å²) < 4.78 is 5.06. The summed E-state index contributed by atoms with van der Waals surface area (Å²) in [5.74, 6) is 0. The van der Waals surface area contributed by atoms with E-state index < -0.39 is 0 Å². The van der Waals surface area contributed by atoms with Gasteiger partial charge < -0.3 is 19.9 Å². The lowest BCUT2D eigenvalue weighted by molar-refractivity contribution is 0.170. The third kappa shape index (κ3) is 10.1. The van der Waals surface area contributed by atoms with Crippen LogP contribution in [-0.2, 0) is 4.74 Å². The Balaban J connectivity index is 3.34.